The molecule has 2 bridgehead atoms. The molecule has 4 aliphatic rings. The van der Waals surface area contributed by atoms with E-state index in [1.54, 1.807) is 18.2 Å². The lowest BCUT2D eigenvalue weighted by Crippen LogP contribution is -2.55. The molecule has 248 valence electrons. The van der Waals surface area contributed by atoms with Crippen molar-refractivity contribution in [3.05, 3.63) is 54.3 Å². The van der Waals surface area contributed by atoms with Crippen LogP contribution in [-0.2, 0) is 0 Å². The van der Waals surface area contributed by atoms with E-state index >= 15 is 4.39 Å². The van der Waals surface area contributed by atoms with Crippen LogP contribution in [0.3, 0.4) is 0 Å². The van der Waals surface area contributed by atoms with Crippen LogP contribution in [0, 0.1) is 5.82 Å². The van der Waals surface area contributed by atoms with Crippen molar-refractivity contribution in [3.8, 4) is 22.9 Å². The Balaban J connectivity index is 1.17. The highest BCUT2D eigenvalue weighted by Gasteiger charge is 2.45. The van der Waals surface area contributed by atoms with E-state index in [1.165, 1.54) is 0 Å². The van der Waals surface area contributed by atoms with E-state index in [2.05, 4.69) is 14.7 Å². The van der Waals surface area contributed by atoms with Crippen LogP contribution in [0.1, 0.15) is 51.4 Å². The number of anilines is 1. The summed E-state index contributed by atoms with van der Waals surface area (Å²) < 4.78 is 23.3. The summed E-state index contributed by atoms with van der Waals surface area (Å²) in [6, 6.07) is 15.5. The van der Waals surface area contributed by atoms with Gasteiger partial charge in [-0.2, -0.15) is 9.97 Å². The Kier molecular flexibility index (Phi) is 8.16. The fraction of sp³-hybridized carbons (Fsp3) is 0.514. The van der Waals surface area contributed by atoms with Crippen LogP contribution in [0.5, 0.6) is 11.8 Å². The van der Waals surface area contributed by atoms with Crippen molar-refractivity contribution in [2.24, 2.45) is 5.73 Å². The number of aliphatic hydroxyl groups excluding tert-OH is 1. The molecular weight excluding hydrogens is 595 g/mol. The van der Waals surface area contributed by atoms with Gasteiger partial charge in [-0.1, -0.05) is 30.3 Å². The number of piperazine rings is 1. The number of ether oxygens (including phenoxy) is 1. The minimum absolute atomic E-state index is 0.00875. The summed E-state index contributed by atoms with van der Waals surface area (Å²) in [6.07, 6.45) is 7.77. The highest BCUT2D eigenvalue weighted by atomic mass is 19.1. The molecule has 4 aromatic rings. The Bertz CT molecular complexity index is 1760. The number of halogens is 1. The maximum absolute atomic E-state index is 16.9. The van der Waals surface area contributed by atoms with Gasteiger partial charge in [-0.15, -0.1) is 0 Å². The molecule has 4 aliphatic heterocycles. The van der Waals surface area contributed by atoms with Gasteiger partial charge in [0.2, 0.25) is 0 Å². The Morgan fingerprint density at radius 1 is 0.979 bits per heavy atom. The number of phenols is 1. The van der Waals surface area contributed by atoms with Crippen LogP contribution in [0.15, 0.2) is 48.5 Å². The summed E-state index contributed by atoms with van der Waals surface area (Å²) in [7, 11) is 0. The summed E-state index contributed by atoms with van der Waals surface area (Å²) in [5, 5.41) is 23.6. The van der Waals surface area contributed by atoms with E-state index in [0.717, 1.165) is 81.9 Å². The van der Waals surface area contributed by atoms with Crippen LogP contribution in [-0.4, -0.2) is 99.6 Å². The summed E-state index contributed by atoms with van der Waals surface area (Å²) in [6.45, 7) is 5.40. The average molecular weight is 641 g/mol. The average Bonchev–Trinajstić information content (AvgIpc) is 3.72. The highest BCUT2D eigenvalue weighted by Crippen LogP contribution is 2.42. The molecule has 3 unspecified atom stereocenters. The summed E-state index contributed by atoms with van der Waals surface area (Å²) in [5.41, 5.74) is 6.93. The van der Waals surface area contributed by atoms with Gasteiger partial charge in [-0.05, 0) is 106 Å². The largest absolute Gasteiger partial charge is 0.508 e. The molecule has 0 amide bonds. The monoisotopic (exact) mass is 640 g/mol. The molecule has 0 saturated carbocycles. The number of hydrogen-bond acceptors (Lipinski definition) is 9. The van der Waals surface area contributed by atoms with Gasteiger partial charge >= 0.3 is 6.01 Å². The fourth-order valence-electron chi connectivity index (χ4n) is 8.97. The van der Waals surface area contributed by atoms with Gasteiger partial charge in [0.05, 0.1) is 11.6 Å². The molecule has 3 atom stereocenters. The second kappa shape index (κ2) is 12.5. The first-order valence-electron chi connectivity index (χ1n) is 17.4. The van der Waals surface area contributed by atoms with E-state index in [0.29, 0.717) is 48.4 Å². The first-order chi connectivity index (χ1) is 22.9. The molecule has 4 N–H and O–H groups in total. The normalized spacial score (nSPS) is 23.2. The Hall–Kier alpha value is -3.57. The third-order valence-electron chi connectivity index (χ3n) is 11.3. The van der Waals surface area contributed by atoms with E-state index in [1.807, 2.05) is 30.3 Å². The number of hydrogen-bond donors (Lipinski definition) is 3. The van der Waals surface area contributed by atoms with Crippen LogP contribution < -0.4 is 15.4 Å². The Morgan fingerprint density at radius 3 is 2.51 bits per heavy atom. The summed E-state index contributed by atoms with van der Waals surface area (Å²) in [5.74, 6) is 0.339. The predicted octanol–water partition coefficient (Wildman–Crippen LogP) is 5.05. The van der Waals surface area contributed by atoms with Gasteiger partial charge in [-0.3, -0.25) is 9.80 Å². The minimum Gasteiger partial charge on any atom is -0.508 e. The van der Waals surface area contributed by atoms with E-state index in [-0.39, 0.29) is 41.0 Å². The molecule has 0 aliphatic carbocycles. The first kappa shape index (κ1) is 30.7. The molecule has 0 spiro atoms. The topological polar surface area (TPSA) is 111 Å². The van der Waals surface area contributed by atoms with Gasteiger partial charge in [-0.25, -0.2) is 4.39 Å². The van der Waals surface area contributed by atoms with Gasteiger partial charge in [0.25, 0.3) is 0 Å². The first-order valence-corrected chi connectivity index (χ1v) is 17.4. The fourth-order valence-corrected chi connectivity index (χ4v) is 8.97. The maximum atomic E-state index is 16.9. The lowest BCUT2D eigenvalue weighted by Gasteiger charge is -2.42. The molecule has 3 aromatic carbocycles. The standard InChI is InChI=1S/C37H45FN6O3/c38-33-30(32-19-28(46)18-24-6-1-2-8-29(24)32)11-12-31-34(33)40-36(47-23-37-13-4-16-43(37)17-5-14-37)41-35(31)42-20-25-9-10-26(21-42)44(25)22-27(45)7-3-15-39/h1-2,6,8,11-12,18-19,25-27,45-46H,3-5,7,9-10,13-17,20-23,39H2. The molecule has 5 heterocycles. The third-order valence-corrected chi connectivity index (χ3v) is 11.3. The molecule has 10 heteroatoms. The number of aliphatic hydroxyl groups is 1. The molecular formula is C37H45FN6O3. The lowest BCUT2D eigenvalue weighted by atomic mass is 9.95. The second-order valence-electron chi connectivity index (χ2n) is 14.1. The zero-order valence-electron chi connectivity index (χ0n) is 27.0. The van der Waals surface area contributed by atoms with Crippen LogP contribution in [0.4, 0.5) is 10.2 Å². The number of nitrogens with two attached hydrogens (primary N) is 1. The van der Waals surface area contributed by atoms with Gasteiger partial charge in [0, 0.05) is 42.7 Å². The molecule has 9 nitrogen and oxygen atoms in total. The molecule has 47 heavy (non-hydrogen) atoms. The van der Waals surface area contributed by atoms with Crippen LogP contribution >= 0.6 is 0 Å². The van der Waals surface area contributed by atoms with E-state index in [9.17, 15) is 10.2 Å². The maximum Gasteiger partial charge on any atom is 0.319 e. The molecule has 8 rings (SSSR count). The SMILES string of the molecule is NCCCC(O)CN1C2CCC1CN(c1nc(OCC34CCCN3CCC4)nc3c(F)c(-c4cc(O)cc5ccccc45)ccc13)C2. The zero-order valence-corrected chi connectivity index (χ0v) is 27.0. The molecule has 0 radical (unpaired) electrons. The number of aromatic nitrogens is 2. The second-order valence-corrected chi connectivity index (χ2v) is 14.1. The van der Waals surface area contributed by atoms with Crippen molar-refractivity contribution in [2.45, 2.75) is 75.1 Å². The minimum atomic E-state index is -0.446. The van der Waals surface area contributed by atoms with Crippen molar-refractivity contribution < 1.29 is 19.3 Å². The van der Waals surface area contributed by atoms with Gasteiger partial charge in [0.1, 0.15) is 23.7 Å². The number of rotatable bonds is 10. The molecule has 4 fully saturated rings. The van der Waals surface area contributed by atoms with Crippen molar-refractivity contribution in [1.82, 2.24) is 19.8 Å². The number of phenolic OH excluding ortho intramolecular Hbond substituents is 1. The summed E-state index contributed by atoms with van der Waals surface area (Å²) in [4.78, 5) is 17.0. The van der Waals surface area contributed by atoms with Crippen molar-refractivity contribution >= 4 is 27.5 Å². The van der Waals surface area contributed by atoms with Crippen molar-refractivity contribution in [2.75, 3.05) is 50.8 Å². The Morgan fingerprint density at radius 2 is 1.74 bits per heavy atom. The van der Waals surface area contributed by atoms with Crippen LogP contribution in [0.25, 0.3) is 32.8 Å². The van der Waals surface area contributed by atoms with Crippen molar-refractivity contribution in [3.63, 3.8) is 0 Å². The quantitative estimate of drug-likeness (QED) is 0.219. The number of benzene rings is 3. The highest BCUT2D eigenvalue weighted by molar-refractivity contribution is 6.01. The van der Waals surface area contributed by atoms with Crippen LogP contribution in [0.2, 0.25) is 0 Å². The number of fused-ring (bicyclic) bond motifs is 5. The van der Waals surface area contributed by atoms with Gasteiger partial charge < -0.3 is 25.6 Å². The van der Waals surface area contributed by atoms with E-state index < -0.39 is 5.82 Å². The number of nitrogens with zero attached hydrogens (tertiary/aromatic N) is 5. The van der Waals surface area contributed by atoms with E-state index in [4.69, 9.17) is 20.4 Å². The molecule has 4 saturated heterocycles. The third kappa shape index (κ3) is 5.59. The van der Waals surface area contributed by atoms with Gasteiger partial charge in [0.15, 0.2) is 5.82 Å². The smallest absolute Gasteiger partial charge is 0.319 e. The Labute approximate surface area is 275 Å². The molecule has 1 aromatic heterocycles. The predicted molar refractivity (Wildman–Crippen MR) is 182 cm³/mol. The summed E-state index contributed by atoms with van der Waals surface area (Å²) >= 11 is 0. The van der Waals surface area contributed by atoms with Crippen molar-refractivity contribution in [1.29, 1.82) is 0 Å². The number of aromatic hydroxyl groups is 1. The lowest BCUT2D eigenvalue weighted by molar-refractivity contribution is 0.0694. The zero-order chi connectivity index (χ0) is 32.1.